The Labute approximate surface area is 200 Å². The predicted octanol–water partition coefficient (Wildman–Crippen LogP) is 4.26. The van der Waals surface area contributed by atoms with Crippen molar-refractivity contribution in [3.05, 3.63) is 59.7 Å². The summed E-state index contributed by atoms with van der Waals surface area (Å²) in [6.45, 7) is 5.18. The van der Waals surface area contributed by atoms with Gasteiger partial charge in [-0.05, 0) is 40.5 Å². The second-order valence-electron chi connectivity index (χ2n) is 9.37. The fourth-order valence-corrected chi connectivity index (χ4v) is 4.91. The fourth-order valence-electron chi connectivity index (χ4n) is 4.91. The highest BCUT2D eigenvalue weighted by molar-refractivity contribution is 5.86. The smallest absolute Gasteiger partial charge is 0.407 e. The summed E-state index contributed by atoms with van der Waals surface area (Å²) in [7, 11) is 0. The molecule has 0 spiro atoms. The summed E-state index contributed by atoms with van der Waals surface area (Å²) < 4.78 is 5.65. The molecule has 2 aliphatic rings. The van der Waals surface area contributed by atoms with Gasteiger partial charge in [0.1, 0.15) is 12.6 Å². The number of hydrogen-bond donors (Lipinski definition) is 2. The SMILES string of the molecule is CCC(C)C(NC(=O)OCC1c2ccccc2-c2ccccc21)C(=O)N1CC(CCC(=O)O)C1. The Morgan fingerprint density at radius 1 is 1.06 bits per heavy atom. The molecule has 7 heteroatoms. The van der Waals surface area contributed by atoms with Crippen LogP contribution in [-0.4, -0.2) is 53.7 Å². The first-order valence-corrected chi connectivity index (χ1v) is 12.0. The number of carbonyl (C=O) groups is 3. The molecule has 0 saturated carbocycles. The maximum Gasteiger partial charge on any atom is 0.407 e. The van der Waals surface area contributed by atoms with Crippen LogP contribution in [0.25, 0.3) is 11.1 Å². The van der Waals surface area contributed by atoms with E-state index in [-0.39, 0.29) is 36.7 Å². The number of nitrogens with one attached hydrogen (secondary N) is 1. The van der Waals surface area contributed by atoms with Crippen molar-refractivity contribution in [1.82, 2.24) is 10.2 Å². The Kier molecular flexibility index (Phi) is 7.20. The molecule has 2 aromatic rings. The van der Waals surface area contributed by atoms with Gasteiger partial charge in [0.2, 0.25) is 5.91 Å². The molecule has 0 radical (unpaired) electrons. The Hall–Kier alpha value is -3.35. The van der Waals surface area contributed by atoms with Crippen LogP contribution in [0.15, 0.2) is 48.5 Å². The largest absolute Gasteiger partial charge is 0.481 e. The summed E-state index contributed by atoms with van der Waals surface area (Å²) in [4.78, 5) is 38.3. The molecule has 1 fully saturated rings. The Morgan fingerprint density at radius 2 is 1.65 bits per heavy atom. The van der Waals surface area contributed by atoms with Crippen molar-refractivity contribution in [1.29, 1.82) is 0 Å². The Morgan fingerprint density at radius 3 is 2.21 bits per heavy atom. The second-order valence-corrected chi connectivity index (χ2v) is 9.37. The maximum absolute atomic E-state index is 13.1. The zero-order valence-electron chi connectivity index (χ0n) is 19.7. The van der Waals surface area contributed by atoms with Crippen molar-refractivity contribution in [3.63, 3.8) is 0 Å². The highest BCUT2D eigenvalue weighted by atomic mass is 16.5. The quantitative estimate of drug-likeness (QED) is 0.578. The number of nitrogens with zero attached hydrogens (tertiary/aromatic N) is 1. The molecular formula is C27H32N2O5. The summed E-state index contributed by atoms with van der Waals surface area (Å²) in [5.41, 5.74) is 4.60. The predicted molar refractivity (Wildman–Crippen MR) is 128 cm³/mol. The standard InChI is InChI=1S/C27H32N2O5/c1-3-17(2)25(26(32)29-14-18(15-29)12-13-24(30)31)28-27(33)34-16-23-21-10-6-4-8-19(21)20-9-5-7-11-22(20)23/h4-11,17-18,23,25H,3,12-16H2,1-2H3,(H,28,33)(H,30,31). The number of alkyl carbamates (subject to hydrolysis) is 1. The molecule has 2 aromatic carbocycles. The van der Waals surface area contributed by atoms with Crippen LogP contribution >= 0.6 is 0 Å². The first kappa shape index (κ1) is 23.8. The maximum atomic E-state index is 13.1. The van der Waals surface area contributed by atoms with Crippen LogP contribution in [0.4, 0.5) is 4.79 Å². The zero-order chi connectivity index (χ0) is 24.2. The third kappa shape index (κ3) is 4.93. The van der Waals surface area contributed by atoms with Gasteiger partial charge in [0.05, 0.1) is 0 Å². The molecule has 2 atom stereocenters. The third-order valence-electron chi connectivity index (χ3n) is 7.13. The van der Waals surface area contributed by atoms with Crippen molar-refractivity contribution in [3.8, 4) is 11.1 Å². The topological polar surface area (TPSA) is 95.9 Å². The third-order valence-corrected chi connectivity index (χ3v) is 7.13. The number of fused-ring (bicyclic) bond motifs is 3. The number of carboxylic acid groups (broad SMARTS) is 1. The van der Waals surface area contributed by atoms with Gasteiger partial charge < -0.3 is 20.1 Å². The van der Waals surface area contributed by atoms with Gasteiger partial charge in [0.25, 0.3) is 0 Å². The van der Waals surface area contributed by atoms with E-state index in [4.69, 9.17) is 9.84 Å². The fraction of sp³-hybridized carbons (Fsp3) is 0.444. The number of ether oxygens (including phenoxy) is 1. The second kappa shape index (κ2) is 10.3. The van der Waals surface area contributed by atoms with E-state index in [9.17, 15) is 14.4 Å². The van der Waals surface area contributed by atoms with Gasteiger partial charge in [-0.15, -0.1) is 0 Å². The summed E-state index contributed by atoms with van der Waals surface area (Å²) in [5.74, 6) is -0.840. The van der Waals surface area contributed by atoms with E-state index in [1.165, 1.54) is 0 Å². The normalized spacial score (nSPS) is 16.7. The van der Waals surface area contributed by atoms with E-state index in [1.54, 1.807) is 4.90 Å². The lowest BCUT2D eigenvalue weighted by molar-refractivity contribution is -0.142. The van der Waals surface area contributed by atoms with Crippen LogP contribution in [0, 0.1) is 11.8 Å². The summed E-state index contributed by atoms with van der Waals surface area (Å²) in [5, 5.41) is 11.7. The molecule has 2 unspecified atom stereocenters. The van der Waals surface area contributed by atoms with Crippen molar-refractivity contribution in [2.24, 2.45) is 11.8 Å². The average molecular weight is 465 g/mol. The van der Waals surface area contributed by atoms with Gasteiger partial charge in [-0.2, -0.15) is 0 Å². The molecule has 1 saturated heterocycles. The van der Waals surface area contributed by atoms with E-state index in [0.29, 0.717) is 19.5 Å². The minimum Gasteiger partial charge on any atom is -0.481 e. The zero-order valence-corrected chi connectivity index (χ0v) is 19.7. The first-order chi connectivity index (χ1) is 16.4. The van der Waals surface area contributed by atoms with Gasteiger partial charge in [0.15, 0.2) is 0 Å². The number of hydrogen-bond acceptors (Lipinski definition) is 4. The number of carbonyl (C=O) groups excluding carboxylic acids is 2. The molecule has 34 heavy (non-hydrogen) atoms. The lowest BCUT2D eigenvalue weighted by Crippen LogP contribution is -2.58. The van der Waals surface area contributed by atoms with Crippen LogP contribution in [0.2, 0.25) is 0 Å². The molecule has 1 aliphatic heterocycles. The summed E-state index contributed by atoms with van der Waals surface area (Å²) in [6.07, 6.45) is 0.811. The van der Waals surface area contributed by atoms with E-state index in [1.807, 2.05) is 38.1 Å². The van der Waals surface area contributed by atoms with E-state index in [2.05, 4.69) is 29.6 Å². The molecule has 1 aliphatic carbocycles. The van der Waals surface area contributed by atoms with Crippen molar-refractivity contribution < 1.29 is 24.2 Å². The van der Waals surface area contributed by atoms with Crippen LogP contribution in [0.1, 0.15) is 50.2 Å². The highest BCUT2D eigenvalue weighted by Gasteiger charge is 2.37. The van der Waals surface area contributed by atoms with Crippen LogP contribution in [0.5, 0.6) is 0 Å². The molecule has 1 heterocycles. The van der Waals surface area contributed by atoms with Crippen molar-refractivity contribution >= 4 is 18.0 Å². The van der Waals surface area contributed by atoms with Crippen LogP contribution in [0.3, 0.4) is 0 Å². The minimum atomic E-state index is -0.820. The van der Waals surface area contributed by atoms with E-state index in [0.717, 1.165) is 28.7 Å². The van der Waals surface area contributed by atoms with Crippen molar-refractivity contribution in [2.75, 3.05) is 19.7 Å². The Balaban J connectivity index is 1.36. The van der Waals surface area contributed by atoms with Crippen LogP contribution < -0.4 is 5.32 Å². The molecule has 4 rings (SSSR count). The van der Waals surface area contributed by atoms with Gasteiger partial charge in [-0.25, -0.2) is 4.79 Å². The lowest BCUT2D eigenvalue weighted by atomic mass is 9.91. The number of benzene rings is 2. The van der Waals surface area contributed by atoms with E-state index < -0.39 is 18.1 Å². The summed E-state index contributed by atoms with van der Waals surface area (Å²) >= 11 is 0. The molecule has 2 amide bonds. The monoisotopic (exact) mass is 464 g/mol. The molecule has 0 bridgehead atoms. The van der Waals surface area contributed by atoms with Gasteiger partial charge in [-0.3, -0.25) is 9.59 Å². The van der Waals surface area contributed by atoms with Gasteiger partial charge in [-0.1, -0.05) is 68.8 Å². The van der Waals surface area contributed by atoms with Gasteiger partial charge in [0, 0.05) is 25.4 Å². The molecule has 180 valence electrons. The average Bonchev–Trinajstić information content (AvgIpc) is 3.13. The van der Waals surface area contributed by atoms with Gasteiger partial charge >= 0.3 is 12.1 Å². The lowest BCUT2D eigenvalue weighted by Gasteiger charge is -2.42. The number of aliphatic carboxylic acids is 1. The van der Waals surface area contributed by atoms with Crippen molar-refractivity contribution in [2.45, 2.75) is 45.1 Å². The highest BCUT2D eigenvalue weighted by Crippen LogP contribution is 2.44. The molecule has 7 nitrogen and oxygen atoms in total. The minimum absolute atomic E-state index is 0.0405. The van der Waals surface area contributed by atoms with E-state index >= 15 is 0 Å². The Bertz CT molecular complexity index is 1020. The number of carboxylic acids is 1. The number of rotatable bonds is 9. The number of likely N-dealkylation sites (tertiary alicyclic amines) is 1. The first-order valence-electron chi connectivity index (χ1n) is 12.0. The number of amides is 2. The molecule has 0 aromatic heterocycles. The molecule has 2 N–H and O–H groups in total. The van der Waals surface area contributed by atoms with Crippen LogP contribution in [-0.2, 0) is 14.3 Å². The molecular weight excluding hydrogens is 432 g/mol. The summed E-state index contributed by atoms with van der Waals surface area (Å²) in [6, 6.07) is 15.6.